The monoisotopic (exact) mass is 140 g/mol. The minimum atomic E-state index is 0.877. The van der Waals surface area contributed by atoms with Gasteiger partial charge in [0, 0.05) is 6.20 Å². The lowest BCUT2D eigenvalue weighted by Gasteiger charge is -1.69. The molecule has 0 aromatic carbocycles. The predicted octanol–water partition coefficient (Wildman–Crippen LogP) is -0.360. The maximum atomic E-state index is 5.27. The molecule has 0 aliphatic carbocycles. The van der Waals surface area contributed by atoms with Crippen molar-refractivity contribution in [1.29, 1.82) is 0 Å². The third-order valence-corrected chi connectivity index (χ3v) is 1.95. The van der Waals surface area contributed by atoms with Gasteiger partial charge in [0.05, 0.1) is 15.4 Å². The fourth-order valence-electron chi connectivity index (χ4n) is 0.605. The first-order valence-corrected chi connectivity index (χ1v) is 3.54. The van der Waals surface area contributed by atoms with Crippen molar-refractivity contribution in [3.05, 3.63) is 15.4 Å². The zero-order valence-corrected chi connectivity index (χ0v) is 5.98. The fraction of sp³-hybridized carbons (Fsp3) is 0.167. The molecular weight excluding hydrogens is 132 g/mol. The Kier molecular flexibility index (Phi) is 1.85. The molecule has 0 saturated carbocycles. The van der Waals surface area contributed by atoms with Gasteiger partial charge in [-0.3, -0.25) is 0 Å². The molecule has 0 unspecified atom stereocenters. The molecule has 0 aliphatic heterocycles. The van der Waals surface area contributed by atoms with Gasteiger partial charge >= 0.3 is 0 Å². The molecule has 0 spiro atoms. The number of thiazole rings is 1. The first-order valence-electron chi connectivity index (χ1n) is 2.66. The lowest BCUT2D eigenvalue weighted by molar-refractivity contribution is 1.30. The molecule has 2 N–H and O–H groups in total. The smallest absolute Gasteiger partial charge is 0.0962 e. The molecular formula is C6H8N2S. The fourth-order valence-corrected chi connectivity index (χ4v) is 1.26. The molecule has 2 nitrogen and oxygen atoms in total. The predicted molar refractivity (Wildman–Crippen MR) is 40.2 cm³/mol. The lowest BCUT2D eigenvalue weighted by atomic mass is 10.5. The highest BCUT2D eigenvalue weighted by Crippen LogP contribution is 1.73. The normalized spacial score (nSPS) is 14.8. The zero-order chi connectivity index (χ0) is 6.69. The van der Waals surface area contributed by atoms with Crippen LogP contribution in [-0.2, 0) is 0 Å². The number of hydrogen-bond donors (Lipinski definition) is 1. The molecule has 9 heavy (non-hydrogen) atoms. The van der Waals surface area contributed by atoms with Gasteiger partial charge in [0.25, 0.3) is 0 Å². The highest BCUT2D eigenvalue weighted by molar-refractivity contribution is 7.07. The van der Waals surface area contributed by atoms with E-state index in [2.05, 4.69) is 4.98 Å². The van der Waals surface area contributed by atoms with E-state index in [-0.39, 0.29) is 0 Å². The summed E-state index contributed by atoms with van der Waals surface area (Å²) in [6.07, 6.45) is 3.52. The van der Waals surface area contributed by atoms with Crippen LogP contribution in [0.5, 0.6) is 0 Å². The Morgan fingerprint density at radius 1 is 1.78 bits per heavy atom. The van der Waals surface area contributed by atoms with E-state index in [1.54, 1.807) is 16.8 Å². The molecule has 0 aliphatic rings. The van der Waals surface area contributed by atoms with Crippen LogP contribution in [0.25, 0.3) is 12.3 Å². The first kappa shape index (κ1) is 6.29. The molecule has 0 saturated heterocycles. The quantitative estimate of drug-likeness (QED) is 0.534. The van der Waals surface area contributed by atoms with Gasteiger partial charge < -0.3 is 5.73 Å². The van der Waals surface area contributed by atoms with Crippen molar-refractivity contribution >= 4 is 23.6 Å². The summed E-state index contributed by atoms with van der Waals surface area (Å²) in [6, 6.07) is 0. The molecule has 1 aromatic heterocycles. The van der Waals surface area contributed by atoms with Crippen molar-refractivity contribution in [2.24, 2.45) is 5.73 Å². The summed E-state index contributed by atoms with van der Waals surface area (Å²) in [5.41, 5.74) is 7.06. The van der Waals surface area contributed by atoms with Crippen molar-refractivity contribution in [2.45, 2.75) is 6.92 Å². The average molecular weight is 140 g/mol. The van der Waals surface area contributed by atoms with Gasteiger partial charge in [0.15, 0.2) is 0 Å². The van der Waals surface area contributed by atoms with E-state index in [4.69, 9.17) is 5.73 Å². The Morgan fingerprint density at radius 2 is 2.56 bits per heavy atom. The maximum absolute atomic E-state index is 5.27. The van der Waals surface area contributed by atoms with Crippen LogP contribution < -0.4 is 15.6 Å². The number of rotatable bonds is 0. The van der Waals surface area contributed by atoms with Crippen LogP contribution in [0.4, 0.5) is 0 Å². The third kappa shape index (κ3) is 1.10. The summed E-state index contributed by atoms with van der Waals surface area (Å²) >= 11 is 1.60. The van der Waals surface area contributed by atoms with E-state index >= 15 is 0 Å². The van der Waals surface area contributed by atoms with Crippen LogP contribution in [-0.4, -0.2) is 4.98 Å². The Labute approximate surface area is 57.3 Å². The summed E-state index contributed by atoms with van der Waals surface area (Å²) in [5.74, 6) is 0. The van der Waals surface area contributed by atoms with Crippen LogP contribution >= 0.6 is 11.3 Å². The molecule has 0 radical (unpaired) electrons. The number of nitrogens with two attached hydrogens (primary N) is 1. The molecule has 0 fully saturated rings. The number of aromatic nitrogens is 1. The van der Waals surface area contributed by atoms with Crippen molar-refractivity contribution in [2.75, 3.05) is 0 Å². The SMILES string of the molecule is C/C=c1/scn/c1=C/N. The summed E-state index contributed by atoms with van der Waals surface area (Å²) < 4.78 is 1.14. The van der Waals surface area contributed by atoms with Gasteiger partial charge in [-0.15, -0.1) is 11.3 Å². The Morgan fingerprint density at radius 3 is 3.00 bits per heavy atom. The third-order valence-electron chi connectivity index (χ3n) is 1.04. The van der Waals surface area contributed by atoms with Crippen LogP contribution in [0, 0.1) is 0 Å². The number of nitrogens with zero attached hydrogens (tertiary/aromatic N) is 1. The van der Waals surface area contributed by atoms with Gasteiger partial charge in [0.1, 0.15) is 0 Å². The second kappa shape index (κ2) is 2.64. The minimum Gasteiger partial charge on any atom is -0.403 e. The summed E-state index contributed by atoms with van der Waals surface area (Å²) in [4.78, 5) is 4.01. The molecule has 1 aromatic rings. The summed E-state index contributed by atoms with van der Waals surface area (Å²) in [5, 5.41) is 0.877. The van der Waals surface area contributed by atoms with E-state index in [9.17, 15) is 0 Å². The Balaban J connectivity index is 3.50. The van der Waals surface area contributed by atoms with Crippen molar-refractivity contribution < 1.29 is 0 Å². The minimum absolute atomic E-state index is 0.877. The highest BCUT2D eigenvalue weighted by Gasteiger charge is 1.81. The second-order valence-electron chi connectivity index (χ2n) is 1.56. The molecule has 1 rings (SSSR count). The van der Waals surface area contributed by atoms with E-state index in [1.165, 1.54) is 6.20 Å². The average Bonchev–Trinajstić information content (AvgIpc) is 2.33. The van der Waals surface area contributed by atoms with Gasteiger partial charge in [-0.25, -0.2) is 4.98 Å². The Hall–Kier alpha value is -0.830. The topological polar surface area (TPSA) is 38.9 Å². The van der Waals surface area contributed by atoms with E-state index in [0.717, 1.165) is 9.88 Å². The molecule has 0 bridgehead atoms. The van der Waals surface area contributed by atoms with Crippen molar-refractivity contribution in [1.82, 2.24) is 4.98 Å². The molecule has 0 amide bonds. The lowest BCUT2D eigenvalue weighted by Crippen LogP contribution is -2.21. The number of hydrogen-bond acceptors (Lipinski definition) is 3. The zero-order valence-electron chi connectivity index (χ0n) is 5.16. The van der Waals surface area contributed by atoms with E-state index < -0.39 is 0 Å². The molecule has 48 valence electrons. The van der Waals surface area contributed by atoms with Gasteiger partial charge in [-0.05, 0) is 6.92 Å². The largest absolute Gasteiger partial charge is 0.403 e. The maximum Gasteiger partial charge on any atom is 0.0962 e. The van der Waals surface area contributed by atoms with Crippen molar-refractivity contribution in [3.8, 4) is 0 Å². The molecule has 3 heteroatoms. The summed E-state index contributed by atoms with van der Waals surface area (Å²) in [7, 11) is 0. The Bertz CT molecular complexity index is 258. The molecule has 0 atom stereocenters. The first-order chi connectivity index (χ1) is 4.38. The molecule has 1 heterocycles. The van der Waals surface area contributed by atoms with Gasteiger partial charge in [0.2, 0.25) is 0 Å². The van der Waals surface area contributed by atoms with Crippen LogP contribution in [0.3, 0.4) is 0 Å². The van der Waals surface area contributed by atoms with Crippen molar-refractivity contribution in [3.63, 3.8) is 0 Å². The van der Waals surface area contributed by atoms with Gasteiger partial charge in [-0.1, -0.05) is 6.08 Å². The van der Waals surface area contributed by atoms with Gasteiger partial charge in [-0.2, -0.15) is 0 Å². The van der Waals surface area contributed by atoms with E-state index in [0.29, 0.717) is 0 Å². The van der Waals surface area contributed by atoms with Crippen LogP contribution in [0.2, 0.25) is 0 Å². The van der Waals surface area contributed by atoms with E-state index in [1.807, 2.05) is 13.0 Å². The standard InChI is InChI=1S/C6H8N2S/c1-2-6-5(3-7)8-4-9-6/h2-4H,7H2,1H3/b5-3+,6-2+. The summed E-state index contributed by atoms with van der Waals surface area (Å²) in [6.45, 7) is 1.97. The highest BCUT2D eigenvalue weighted by atomic mass is 32.1. The second-order valence-corrected chi connectivity index (χ2v) is 2.44. The van der Waals surface area contributed by atoms with Crippen LogP contribution in [0.1, 0.15) is 6.92 Å². The van der Waals surface area contributed by atoms with Crippen LogP contribution in [0.15, 0.2) is 5.51 Å².